The Balaban J connectivity index is 1.76. The molecule has 1 saturated heterocycles. The van der Waals surface area contributed by atoms with Crippen LogP contribution in [0.5, 0.6) is 0 Å². The van der Waals surface area contributed by atoms with Gasteiger partial charge in [-0.3, -0.25) is 0 Å². The molecule has 1 aromatic heterocycles. The van der Waals surface area contributed by atoms with Crippen molar-refractivity contribution >= 4 is 11.3 Å². The fraction of sp³-hybridized carbons (Fsp3) is 0.812. The van der Waals surface area contributed by atoms with Crippen molar-refractivity contribution in [3.8, 4) is 0 Å². The second-order valence-electron chi connectivity index (χ2n) is 6.35. The van der Waals surface area contributed by atoms with Gasteiger partial charge < -0.3 is 9.80 Å². The molecular formula is C16H29N3S. The Morgan fingerprint density at radius 3 is 3.00 bits per heavy atom. The number of aryl methyl sites for hydroxylation is 1. The smallest absolute Gasteiger partial charge is 0.0798 e. The van der Waals surface area contributed by atoms with Crippen molar-refractivity contribution in [1.29, 1.82) is 0 Å². The molecular weight excluding hydrogens is 266 g/mol. The lowest BCUT2D eigenvalue weighted by molar-refractivity contribution is 0.218. The van der Waals surface area contributed by atoms with Crippen molar-refractivity contribution in [3.05, 3.63) is 16.1 Å². The number of likely N-dealkylation sites (tertiary alicyclic amines) is 1. The summed E-state index contributed by atoms with van der Waals surface area (Å²) in [6.45, 7) is 11.6. The van der Waals surface area contributed by atoms with Crippen molar-refractivity contribution < 1.29 is 0 Å². The van der Waals surface area contributed by atoms with Gasteiger partial charge in [-0.1, -0.05) is 13.3 Å². The van der Waals surface area contributed by atoms with Crippen molar-refractivity contribution in [2.45, 2.75) is 52.6 Å². The molecule has 0 aliphatic carbocycles. The van der Waals surface area contributed by atoms with E-state index < -0.39 is 0 Å². The molecule has 0 bridgehead atoms. The third-order valence-electron chi connectivity index (χ3n) is 4.48. The molecule has 0 amide bonds. The van der Waals surface area contributed by atoms with Crippen LogP contribution in [0.2, 0.25) is 0 Å². The fourth-order valence-electron chi connectivity index (χ4n) is 3.24. The first-order chi connectivity index (χ1) is 9.60. The number of aromatic nitrogens is 1. The molecule has 3 nitrogen and oxygen atoms in total. The van der Waals surface area contributed by atoms with Crippen LogP contribution in [-0.2, 0) is 6.54 Å². The Labute approximate surface area is 128 Å². The Morgan fingerprint density at radius 1 is 1.55 bits per heavy atom. The van der Waals surface area contributed by atoms with Crippen molar-refractivity contribution in [3.63, 3.8) is 0 Å². The van der Waals surface area contributed by atoms with E-state index in [0.29, 0.717) is 0 Å². The van der Waals surface area contributed by atoms with Gasteiger partial charge in [-0.15, -0.1) is 11.3 Å². The highest BCUT2D eigenvalue weighted by atomic mass is 32.1. The maximum atomic E-state index is 4.34. The molecule has 1 aliphatic rings. The number of thiazole rings is 1. The molecule has 0 aromatic carbocycles. The van der Waals surface area contributed by atoms with Crippen LogP contribution in [0.1, 0.15) is 43.7 Å². The van der Waals surface area contributed by atoms with Crippen LogP contribution >= 0.6 is 11.3 Å². The van der Waals surface area contributed by atoms with Crippen molar-refractivity contribution in [1.82, 2.24) is 14.8 Å². The molecule has 1 fully saturated rings. The lowest BCUT2D eigenvalue weighted by Crippen LogP contribution is -2.32. The molecule has 4 heteroatoms. The third kappa shape index (κ3) is 4.27. The molecule has 0 N–H and O–H groups in total. The number of hydrogen-bond donors (Lipinski definition) is 0. The van der Waals surface area contributed by atoms with Crippen molar-refractivity contribution in [2.75, 3.05) is 26.7 Å². The van der Waals surface area contributed by atoms with E-state index in [2.05, 4.69) is 42.6 Å². The summed E-state index contributed by atoms with van der Waals surface area (Å²) < 4.78 is 0. The van der Waals surface area contributed by atoms with Crippen LogP contribution in [0.4, 0.5) is 0 Å². The van der Waals surface area contributed by atoms with E-state index in [0.717, 1.165) is 18.5 Å². The summed E-state index contributed by atoms with van der Waals surface area (Å²) in [5, 5.41) is 0. The van der Waals surface area contributed by atoms with E-state index in [1.807, 2.05) is 5.51 Å². The second kappa shape index (κ2) is 7.53. The third-order valence-corrected chi connectivity index (χ3v) is 5.40. The minimum atomic E-state index is 0.763. The number of hydrogen-bond acceptors (Lipinski definition) is 4. The predicted octanol–water partition coefficient (Wildman–Crippen LogP) is 3.39. The maximum absolute atomic E-state index is 4.34. The first-order valence-electron chi connectivity index (χ1n) is 7.91. The van der Waals surface area contributed by atoms with Gasteiger partial charge in [0.25, 0.3) is 0 Å². The second-order valence-corrected chi connectivity index (χ2v) is 7.28. The Bertz CT molecular complexity index is 404. The number of rotatable bonds is 7. The van der Waals surface area contributed by atoms with Gasteiger partial charge in [-0.25, -0.2) is 4.98 Å². The molecule has 0 spiro atoms. The monoisotopic (exact) mass is 295 g/mol. The maximum Gasteiger partial charge on any atom is 0.0798 e. The summed E-state index contributed by atoms with van der Waals surface area (Å²) in [5.74, 6) is 0.840. The SMILES string of the molecule is CCC[C@H](C)N1CC[C@H](CN(C)Cc2scnc2C)C1. The largest absolute Gasteiger partial charge is 0.301 e. The van der Waals surface area contributed by atoms with Crippen LogP contribution in [0.15, 0.2) is 5.51 Å². The van der Waals surface area contributed by atoms with E-state index in [4.69, 9.17) is 0 Å². The van der Waals surface area contributed by atoms with Gasteiger partial charge in [0.15, 0.2) is 0 Å². The highest BCUT2D eigenvalue weighted by Gasteiger charge is 2.26. The van der Waals surface area contributed by atoms with Gasteiger partial charge in [-0.05, 0) is 46.2 Å². The summed E-state index contributed by atoms with van der Waals surface area (Å²) >= 11 is 1.78. The lowest BCUT2D eigenvalue weighted by atomic mass is 10.1. The minimum Gasteiger partial charge on any atom is -0.301 e. The van der Waals surface area contributed by atoms with E-state index in [1.54, 1.807) is 11.3 Å². The lowest BCUT2D eigenvalue weighted by Gasteiger charge is -2.25. The number of nitrogens with zero attached hydrogens (tertiary/aromatic N) is 3. The van der Waals surface area contributed by atoms with Crippen LogP contribution in [-0.4, -0.2) is 47.5 Å². The average Bonchev–Trinajstić information content (AvgIpc) is 3.00. The van der Waals surface area contributed by atoms with E-state index >= 15 is 0 Å². The zero-order chi connectivity index (χ0) is 14.5. The van der Waals surface area contributed by atoms with E-state index in [1.165, 1.54) is 49.5 Å². The molecule has 20 heavy (non-hydrogen) atoms. The molecule has 0 radical (unpaired) electrons. The topological polar surface area (TPSA) is 19.4 Å². The zero-order valence-corrected chi connectivity index (χ0v) is 14.2. The first-order valence-corrected chi connectivity index (χ1v) is 8.79. The zero-order valence-electron chi connectivity index (χ0n) is 13.4. The molecule has 114 valence electrons. The normalized spacial score (nSPS) is 21.8. The predicted molar refractivity (Wildman–Crippen MR) is 87.2 cm³/mol. The van der Waals surface area contributed by atoms with Crippen LogP contribution in [0.25, 0.3) is 0 Å². The molecule has 0 saturated carbocycles. The molecule has 2 atom stereocenters. The van der Waals surface area contributed by atoms with Gasteiger partial charge in [0, 0.05) is 30.6 Å². The first kappa shape index (κ1) is 15.9. The molecule has 1 aromatic rings. The van der Waals surface area contributed by atoms with E-state index in [9.17, 15) is 0 Å². The van der Waals surface area contributed by atoms with Crippen LogP contribution < -0.4 is 0 Å². The van der Waals surface area contributed by atoms with Gasteiger partial charge in [-0.2, -0.15) is 0 Å². The van der Waals surface area contributed by atoms with Gasteiger partial charge >= 0.3 is 0 Å². The van der Waals surface area contributed by atoms with Gasteiger partial charge in [0.1, 0.15) is 0 Å². The summed E-state index contributed by atoms with van der Waals surface area (Å²) in [5.41, 5.74) is 3.16. The molecule has 2 rings (SSSR count). The molecule has 0 unspecified atom stereocenters. The average molecular weight is 295 g/mol. The fourth-order valence-corrected chi connectivity index (χ4v) is 4.10. The van der Waals surface area contributed by atoms with Crippen LogP contribution in [0, 0.1) is 12.8 Å². The summed E-state index contributed by atoms with van der Waals surface area (Å²) in [4.78, 5) is 10.9. The Morgan fingerprint density at radius 2 is 2.35 bits per heavy atom. The highest BCUT2D eigenvalue weighted by Crippen LogP contribution is 2.22. The standard InChI is InChI=1S/C16H29N3S/c1-5-6-13(2)19-8-7-15(10-19)9-18(4)11-16-14(3)17-12-20-16/h12-13,15H,5-11H2,1-4H3/t13-,15+/m0/s1. The summed E-state index contributed by atoms with van der Waals surface area (Å²) in [7, 11) is 2.25. The quantitative estimate of drug-likeness (QED) is 0.768. The van der Waals surface area contributed by atoms with Crippen LogP contribution in [0.3, 0.4) is 0 Å². The van der Waals surface area contributed by atoms with Gasteiger partial charge in [0.2, 0.25) is 0 Å². The molecule has 1 aliphatic heterocycles. The van der Waals surface area contributed by atoms with Crippen molar-refractivity contribution in [2.24, 2.45) is 5.92 Å². The Hall–Kier alpha value is -0.450. The summed E-state index contributed by atoms with van der Waals surface area (Å²) in [6.07, 6.45) is 4.00. The highest BCUT2D eigenvalue weighted by molar-refractivity contribution is 7.09. The summed E-state index contributed by atoms with van der Waals surface area (Å²) in [6, 6.07) is 0.763. The van der Waals surface area contributed by atoms with Gasteiger partial charge in [0.05, 0.1) is 11.2 Å². The Kier molecular flexibility index (Phi) is 6.00. The molecule has 2 heterocycles. The van der Waals surface area contributed by atoms with E-state index in [-0.39, 0.29) is 0 Å². The minimum absolute atomic E-state index is 0.763.